The Morgan fingerprint density at radius 3 is 2.80 bits per heavy atom. The normalized spacial score (nSPS) is 17.5. The van der Waals surface area contributed by atoms with Gasteiger partial charge in [0, 0.05) is 6.04 Å². The van der Waals surface area contributed by atoms with Gasteiger partial charge in [-0.15, -0.1) is 0 Å². The molecule has 0 saturated heterocycles. The highest BCUT2D eigenvalue weighted by atomic mass is 35.5. The van der Waals surface area contributed by atoms with Crippen LogP contribution in [0.2, 0.25) is 5.02 Å². The Balaban J connectivity index is 2.04. The molecule has 1 unspecified atom stereocenters. The van der Waals surface area contributed by atoms with E-state index in [4.69, 9.17) is 22.1 Å². The molecule has 0 radical (unpaired) electrons. The second kappa shape index (κ2) is 4.42. The minimum Gasteiger partial charge on any atom is -0.492 e. The quantitative estimate of drug-likeness (QED) is 0.855. The van der Waals surface area contributed by atoms with Crippen LogP contribution in [0.3, 0.4) is 0 Å². The van der Waals surface area contributed by atoms with E-state index in [0.29, 0.717) is 5.02 Å². The van der Waals surface area contributed by atoms with Crippen molar-refractivity contribution in [2.24, 2.45) is 11.7 Å². The van der Waals surface area contributed by atoms with Gasteiger partial charge in [0.25, 0.3) is 0 Å². The van der Waals surface area contributed by atoms with E-state index in [1.165, 1.54) is 12.8 Å². The number of ether oxygens (including phenoxy) is 1. The molecular formula is C12H16ClNO. The lowest BCUT2D eigenvalue weighted by Crippen LogP contribution is -2.05. The first-order chi connectivity index (χ1) is 7.16. The molecule has 2 N–H and O–H groups in total. The minimum atomic E-state index is 0.0139. The van der Waals surface area contributed by atoms with Crippen LogP contribution >= 0.6 is 11.6 Å². The van der Waals surface area contributed by atoms with Gasteiger partial charge in [0.2, 0.25) is 0 Å². The molecule has 3 heteroatoms. The third-order valence-electron chi connectivity index (χ3n) is 2.65. The van der Waals surface area contributed by atoms with Crippen molar-refractivity contribution in [3.05, 3.63) is 28.8 Å². The molecule has 1 fully saturated rings. The highest BCUT2D eigenvalue weighted by Crippen LogP contribution is 2.32. The predicted octanol–water partition coefficient (Wildman–Crippen LogP) is 3.15. The summed E-state index contributed by atoms with van der Waals surface area (Å²) in [4.78, 5) is 0. The minimum absolute atomic E-state index is 0.0139. The molecule has 0 heterocycles. The SMILES string of the molecule is CC(N)c1ccc(OCC2CC2)c(Cl)c1. The summed E-state index contributed by atoms with van der Waals surface area (Å²) in [6, 6.07) is 5.77. The summed E-state index contributed by atoms with van der Waals surface area (Å²) in [5, 5.41) is 0.658. The first-order valence-electron chi connectivity index (χ1n) is 5.34. The molecule has 82 valence electrons. The highest BCUT2D eigenvalue weighted by molar-refractivity contribution is 6.32. The van der Waals surface area contributed by atoms with Crippen molar-refractivity contribution >= 4 is 11.6 Å². The smallest absolute Gasteiger partial charge is 0.137 e. The molecule has 1 atom stereocenters. The molecule has 0 aromatic heterocycles. The highest BCUT2D eigenvalue weighted by Gasteiger charge is 2.22. The van der Waals surface area contributed by atoms with Crippen LogP contribution in [0.4, 0.5) is 0 Å². The Bertz CT molecular complexity index is 347. The fraction of sp³-hybridized carbons (Fsp3) is 0.500. The number of benzene rings is 1. The third kappa shape index (κ3) is 2.86. The summed E-state index contributed by atoms with van der Waals surface area (Å²) in [6.07, 6.45) is 2.57. The molecule has 0 spiro atoms. The first kappa shape index (κ1) is 10.8. The maximum Gasteiger partial charge on any atom is 0.137 e. The molecule has 1 aromatic carbocycles. The molecule has 1 aliphatic rings. The summed E-state index contributed by atoms with van der Waals surface area (Å²) >= 11 is 6.10. The molecule has 1 saturated carbocycles. The van der Waals surface area contributed by atoms with E-state index in [2.05, 4.69) is 0 Å². The van der Waals surface area contributed by atoms with Gasteiger partial charge in [-0.3, -0.25) is 0 Å². The summed E-state index contributed by atoms with van der Waals surface area (Å²) in [6.45, 7) is 2.73. The fourth-order valence-electron chi connectivity index (χ4n) is 1.41. The van der Waals surface area contributed by atoms with Crippen LogP contribution in [0.5, 0.6) is 5.75 Å². The van der Waals surface area contributed by atoms with Crippen LogP contribution in [0, 0.1) is 5.92 Å². The Morgan fingerprint density at radius 2 is 2.27 bits per heavy atom. The maximum atomic E-state index is 6.10. The van der Waals surface area contributed by atoms with Crippen molar-refractivity contribution < 1.29 is 4.74 Å². The van der Waals surface area contributed by atoms with E-state index in [-0.39, 0.29) is 6.04 Å². The van der Waals surface area contributed by atoms with Gasteiger partial charge in [0.1, 0.15) is 5.75 Å². The van der Waals surface area contributed by atoms with Crippen LogP contribution in [-0.2, 0) is 0 Å². The summed E-state index contributed by atoms with van der Waals surface area (Å²) < 4.78 is 5.62. The number of nitrogens with two attached hydrogens (primary N) is 1. The third-order valence-corrected chi connectivity index (χ3v) is 2.95. The van der Waals surface area contributed by atoms with Crippen molar-refractivity contribution in [1.82, 2.24) is 0 Å². The van der Waals surface area contributed by atoms with Gasteiger partial charge >= 0.3 is 0 Å². The second-order valence-corrected chi connectivity index (χ2v) is 4.64. The molecule has 2 nitrogen and oxygen atoms in total. The Morgan fingerprint density at radius 1 is 1.53 bits per heavy atom. The zero-order chi connectivity index (χ0) is 10.8. The molecule has 0 amide bonds. The lowest BCUT2D eigenvalue weighted by Gasteiger charge is -2.10. The van der Waals surface area contributed by atoms with Gasteiger partial charge in [-0.05, 0) is 43.4 Å². The molecule has 2 rings (SSSR count). The van der Waals surface area contributed by atoms with Gasteiger partial charge in [-0.1, -0.05) is 17.7 Å². The standard InChI is InChI=1S/C12H16ClNO/c1-8(14)10-4-5-12(11(13)6-10)15-7-9-2-3-9/h4-6,8-9H,2-3,7,14H2,1H3. The topological polar surface area (TPSA) is 35.2 Å². The number of hydrogen-bond acceptors (Lipinski definition) is 2. The Labute approximate surface area is 95.4 Å². The van der Waals surface area contributed by atoms with E-state index in [1.54, 1.807) is 0 Å². The number of rotatable bonds is 4. The molecule has 0 aliphatic heterocycles. The Kier molecular flexibility index (Phi) is 3.17. The largest absolute Gasteiger partial charge is 0.492 e. The zero-order valence-electron chi connectivity index (χ0n) is 8.87. The molecule has 1 aromatic rings. The molecule has 15 heavy (non-hydrogen) atoms. The van der Waals surface area contributed by atoms with Gasteiger partial charge in [0.15, 0.2) is 0 Å². The van der Waals surface area contributed by atoms with Crippen molar-refractivity contribution in [3.8, 4) is 5.75 Å². The Hall–Kier alpha value is -0.730. The van der Waals surface area contributed by atoms with E-state index in [9.17, 15) is 0 Å². The van der Waals surface area contributed by atoms with Crippen LogP contribution in [0.1, 0.15) is 31.4 Å². The lowest BCUT2D eigenvalue weighted by molar-refractivity contribution is 0.300. The summed E-state index contributed by atoms with van der Waals surface area (Å²) in [7, 11) is 0. The molecule has 1 aliphatic carbocycles. The van der Waals surface area contributed by atoms with E-state index < -0.39 is 0 Å². The van der Waals surface area contributed by atoms with Crippen molar-refractivity contribution in [1.29, 1.82) is 0 Å². The predicted molar refractivity (Wildman–Crippen MR) is 62.3 cm³/mol. The van der Waals surface area contributed by atoms with E-state index in [1.807, 2.05) is 25.1 Å². The maximum absolute atomic E-state index is 6.10. The van der Waals surface area contributed by atoms with Crippen molar-refractivity contribution in [2.45, 2.75) is 25.8 Å². The summed E-state index contributed by atoms with van der Waals surface area (Å²) in [5.41, 5.74) is 6.81. The van der Waals surface area contributed by atoms with Crippen LogP contribution < -0.4 is 10.5 Å². The van der Waals surface area contributed by atoms with Gasteiger partial charge < -0.3 is 10.5 Å². The average molecular weight is 226 g/mol. The number of hydrogen-bond donors (Lipinski definition) is 1. The molecule has 0 bridgehead atoms. The first-order valence-corrected chi connectivity index (χ1v) is 5.72. The van der Waals surface area contributed by atoms with E-state index in [0.717, 1.165) is 23.8 Å². The van der Waals surface area contributed by atoms with Crippen molar-refractivity contribution in [2.75, 3.05) is 6.61 Å². The number of halogens is 1. The van der Waals surface area contributed by atoms with Gasteiger partial charge in [-0.2, -0.15) is 0 Å². The van der Waals surface area contributed by atoms with Crippen LogP contribution in [-0.4, -0.2) is 6.61 Å². The summed E-state index contributed by atoms with van der Waals surface area (Å²) in [5.74, 6) is 1.52. The zero-order valence-corrected chi connectivity index (χ0v) is 9.63. The second-order valence-electron chi connectivity index (χ2n) is 4.23. The van der Waals surface area contributed by atoms with Crippen LogP contribution in [0.25, 0.3) is 0 Å². The lowest BCUT2D eigenvalue weighted by atomic mass is 10.1. The van der Waals surface area contributed by atoms with Gasteiger partial charge in [-0.25, -0.2) is 0 Å². The fourth-order valence-corrected chi connectivity index (χ4v) is 1.65. The van der Waals surface area contributed by atoms with Crippen molar-refractivity contribution in [3.63, 3.8) is 0 Å². The van der Waals surface area contributed by atoms with E-state index >= 15 is 0 Å². The van der Waals surface area contributed by atoms with Crippen LogP contribution in [0.15, 0.2) is 18.2 Å². The average Bonchev–Trinajstić information content (AvgIpc) is 2.99. The van der Waals surface area contributed by atoms with Gasteiger partial charge in [0.05, 0.1) is 11.6 Å². The molecular weight excluding hydrogens is 210 g/mol. The monoisotopic (exact) mass is 225 g/mol.